The molecule has 1 aromatic carbocycles. The van der Waals surface area contributed by atoms with Gasteiger partial charge in [-0.2, -0.15) is 0 Å². The van der Waals surface area contributed by atoms with Crippen molar-refractivity contribution < 1.29 is 14.3 Å². The van der Waals surface area contributed by atoms with Crippen LogP contribution in [0.2, 0.25) is 0 Å². The molecule has 132 valence electrons. The number of hydrogen-bond donors (Lipinski definition) is 0. The number of anilines is 1. The first-order chi connectivity index (χ1) is 11.2. The normalized spacial score (nSPS) is 18.7. The summed E-state index contributed by atoms with van der Waals surface area (Å²) >= 11 is 0. The predicted octanol–water partition coefficient (Wildman–Crippen LogP) is 3.09. The molecule has 24 heavy (non-hydrogen) atoms. The highest BCUT2D eigenvalue weighted by molar-refractivity contribution is 6.01. The number of carbonyl (C=O) groups is 2. The summed E-state index contributed by atoms with van der Waals surface area (Å²) in [5.41, 5.74) is 0.692. The van der Waals surface area contributed by atoms with E-state index in [4.69, 9.17) is 4.74 Å². The Bertz CT molecular complexity index is 607. The summed E-state index contributed by atoms with van der Waals surface area (Å²) in [6.07, 6.45) is 0.445. The molecule has 0 radical (unpaired) electrons. The molecule has 1 saturated heterocycles. The maximum Gasteiger partial charge on any atom is 0.249 e. The van der Waals surface area contributed by atoms with Gasteiger partial charge in [-0.3, -0.25) is 9.59 Å². The summed E-state index contributed by atoms with van der Waals surface area (Å²) in [5.74, 6) is 0.687. The van der Waals surface area contributed by atoms with E-state index >= 15 is 0 Å². The molecule has 0 aliphatic carbocycles. The van der Waals surface area contributed by atoms with E-state index in [1.54, 1.807) is 16.7 Å². The Labute approximate surface area is 144 Å². The highest BCUT2D eigenvalue weighted by atomic mass is 16.5. The highest BCUT2D eigenvalue weighted by Gasteiger charge is 2.36. The monoisotopic (exact) mass is 332 g/mol. The van der Waals surface area contributed by atoms with E-state index in [0.29, 0.717) is 31.9 Å². The van der Waals surface area contributed by atoms with Gasteiger partial charge in [0, 0.05) is 19.5 Å². The quantitative estimate of drug-likeness (QED) is 0.851. The molecule has 2 rings (SSSR count). The maximum absolute atomic E-state index is 12.8. The van der Waals surface area contributed by atoms with Gasteiger partial charge in [0.05, 0.1) is 12.3 Å². The fraction of sp³-hybridized carbons (Fsp3) is 0.579. The maximum atomic E-state index is 12.8. The van der Waals surface area contributed by atoms with Crippen molar-refractivity contribution in [3.8, 4) is 5.75 Å². The number of benzene rings is 1. The molecule has 1 aliphatic rings. The lowest BCUT2D eigenvalue weighted by atomic mass is 9.91. The highest BCUT2D eigenvalue weighted by Crippen LogP contribution is 2.31. The van der Waals surface area contributed by atoms with E-state index in [-0.39, 0.29) is 17.2 Å². The van der Waals surface area contributed by atoms with Crippen LogP contribution in [0.5, 0.6) is 5.75 Å². The van der Waals surface area contributed by atoms with Gasteiger partial charge < -0.3 is 14.5 Å². The number of nitrogens with zero attached hydrogens (tertiary/aromatic N) is 2. The van der Waals surface area contributed by atoms with Crippen molar-refractivity contribution >= 4 is 17.5 Å². The largest absolute Gasteiger partial charge is 0.492 e. The number of hydrogen-bond acceptors (Lipinski definition) is 3. The lowest BCUT2D eigenvalue weighted by Gasteiger charge is -2.40. The van der Waals surface area contributed by atoms with E-state index in [9.17, 15) is 9.59 Å². The van der Waals surface area contributed by atoms with Gasteiger partial charge >= 0.3 is 0 Å². The molecule has 1 fully saturated rings. The van der Waals surface area contributed by atoms with Crippen LogP contribution in [0.1, 0.15) is 41.0 Å². The Morgan fingerprint density at radius 1 is 1.25 bits per heavy atom. The second-order valence-corrected chi connectivity index (χ2v) is 7.39. The number of amides is 2. The van der Waals surface area contributed by atoms with Crippen molar-refractivity contribution in [1.82, 2.24) is 4.90 Å². The Hall–Kier alpha value is -2.04. The first kappa shape index (κ1) is 18.3. The standard InChI is InChI=1S/C19H28N2O3/c1-6-24-16-10-8-7-9-15(16)21-12-11-20(14(2)18(21)23)17(22)13-19(3,4)5/h7-10,14H,6,11-13H2,1-5H3/t14-/m1/s1. The average molecular weight is 332 g/mol. The molecule has 1 aromatic rings. The number of carbonyl (C=O) groups excluding carboxylic acids is 2. The molecule has 0 saturated carbocycles. The van der Waals surface area contributed by atoms with Crippen LogP contribution < -0.4 is 9.64 Å². The van der Waals surface area contributed by atoms with Gasteiger partial charge in [0.2, 0.25) is 11.8 Å². The van der Waals surface area contributed by atoms with E-state index < -0.39 is 6.04 Å². The van der Waals surface area contributed by atoms with Crippen LogP contribution in [0.15, 0.2) is 24.3 Å². The Morgan fingerprint density at radius 2 is 1.92 bits per heavy atom. The third-order valence-corrected chi connectivity index (χ3v) is 4.11. The van der Waals surface area contributed by atoms with Gasteiger partial charge in [0.15, 0.2) is 0 Å². The van der Waals surface area contributed by atoms with Crippen molar-refractivity contribution in [1.29, 1.82) is 0 Å². The summed E-state index contributed by atoms with van der Waals surface area (Å²) < 4.78 is 5.64. The number of ether oxygens (including phenoxy) is 1. The molecule has 0 N–H and O–H groups in total. The molecule has 5 nitrogen and oxygen atoms in total. The SMILES string of the molecule is CCOc1ccccc1N1CCN(C(=O)CC(C)(C)C)[C@H](C)C1=O. The van der Waals surface area contributed by atoms with Gasteiger partial charge in [-0.15, -0.1) is 0 Å². The zero-order chi connectivity index (χ0) is 17.9. The molecular formula is C19H28N2O3. The van der Waals surface area contributed by atoms with Crippen molar-refractivity contribution in [2.75, 3.05) is 24.6 Å². The Morgan fingerprint density at radius 3 is 2.54 bits per heavy atom. The second kappa shape index (κ2) is 7.24. The smallest absolute Gasteiger partial charge is 0.249 e. The summed E-state index contributed by atoms with van der Waals surface area (Å²) in [6.45, 7) is 11.4. The minimum atomic E-state index is -0.455. The predicted molar refractivity (Wildman–Crippen MR) is 95.2 cm³/mol. The van der Waals surface area contributed by atoms with Crippen molar-refractivity contribution in [3.63, 3.8) is 0 Å². The topological polar surface area (TPSA) is 49.9 Å². The van der Waals surface area contributed by atoms with Crippen LogP contribution >= 0.6 is 0 Å². The van der Waals surface area contributed by atoms with Gasteiger partial charge in [0.1, 0.15) is 11.8 Å². The zero-order valence-corrected chi connectivity index (χ0v) is 15.3. The molecule has 5 heteroatoms. The first-order valence-electron chi connectivity index (χ1n) is 8.57. The van der Waals surface area contributed by atoms with Crippen molar-refractivity contribution in [3.05, 3.63) is 24.3 Å². The molecule has 1 heterocycles. The van der Waals surface area contributed by atoms with Crippen LogP contribution in [-0.4, -0.2) is 42.5 Å². The van der Waals surface area contributed by atoms with Crippen LogP contribution in [0.3, 0.4) is 0 Å². The van der Waals surface area contributed by atoms with E-state index in [0.717, 1.165) is 5.69 Å². The fourth-order valence-electron chi connectivity index (χ4n) is 2.96. The molecule has 0 bridgehead atoms. The van der Waals surface area contributed by atoms with E-state index in [2.05, 4.69) is 0 Å². The molecule has 0 unspecified atom stereocenters. The molecule has 0 spiro atoms. The fourth-order valence-corrected chi connectivity index (χ4v) is 2.96. The average Bonchev–Trinajstić information content (AvgIpc) is 2.49. The van der Waals surface area contributed by atoms with Crippen molar-refractivity contribution in [2.45, 2.75) is 47.1 Å². The molecule has 2 amide bonds. The third kappa shape index (κ3) is 4.08. The third-order valence-electron chi connectivity index (χ3n) is 4.11. The van der Waals surface area contributed by atoms with Crippen LogP contribution in [0.4, 0.5) is 5.69 Å². The van der Waals surface area contributed by atoms with Gasteiger partial charge in [-0.25, -0.2) is 0 Å². The molecule has 0 aromatic heterocycles. The summed E-state index contributed by atoms with van der Waals surface area (Å²) in [6, 6.07) is 7.09. The van der Waals surface area contributed by atoms with Gasteiger partial charge in [-0.05, 0) is 31.4 Å². The second-order valence-electron chi connectivity index (χ2n) is 7.39. The lowest BCUT2D eigenvalue weighted by molar-refractivity contribution is -0.142. The van der Waals surface area contributed by atoms with Gasteiger partial charge in [0.25, 0.3) is 0 Å². The Kier molecular flexibility index (Phi) is 5.52. The number of para-hydroxylation sites is 2. The molecule has 1 atom stereocenters. The van der Waals surface area contributed by atoms with Crippen LogP contribution in [-0.2, 0) is 9.59 Å². The van der Waals surface area contributed by atoms with Crippen LogP contribution in [0, 0.1) is 5.41 Å². The summed E-state index contributed by atoms with van der Waals surface area (Å²) in [7, 11) is 0. The molecule has 1 aliphatic heterocycles. The molecular weight excluding hydrogens is 304 g/mol. The summed E-state index contributed by atoms with van der Waals surface area (Å²) in [4.78, 5) is 28.8. The zero-order valence-electron chi connectivity index (χ0n) is 15.3. The van der Waals surface area contributed by atoms with E-state index in [1.807, 2.05) is 52.0 Å². The van der Waals surface area contributed by atoms with Crippen molar-refractivity contribution in [2.24, 2.45) is 5.41 Å². The minimum Gasteiger partial charge on any atom is -0.492 e. The Balaban J connectivity index is 2.17. The first-order valence-corrected chi connectivity index (χ1v) is 8.57. The lowest BCUT2D eigenvalue weighted by Crippen LogP contribution is -2.58. The number of piperazine rings is 1. The summed E-state index contributed by atoms with van der Waals surface area (Å²) in [5, 5.41) is 0. The van der Waals surface area contributed by atoms with Crippen LogP contribution in [0.25, 0.3) is 0 Å². The minimum absolute atomic E-state index is 0.0427. The van der Waals surface area contributed by atoms with E-state index in [1.165, 1.54) is 0 Å². The number of rotatable bonds is 4. The van der Waals surface area contributed by atoms with Gasteiger partial charge in [-0.1, -0.05) is 32.9 Å².